The van der Waals surface area contributed by atoms with Crippen molar-refractivity contribution in [3.8, 4) is 5.75 Å². The second-order valence-corrected chi connectivity index (χ2v) is 8.73. The van der Waals surface area contributed by atoms with Gasteiger partial charge in [-0.05, 0) is 49.4 Å². The zero-order valence-corrected chi connectivity index (χ0v) is 17.1. The van der Waals surface area contributed by atoms with Crippen LogP contribution in [-0.2, 0) is 21.2 Å². The first-order chi connectivity index (χ1) is 12.8. The number of furan rings is 1. The highest BCUT2D eigenvalue weighted by Crippen LogP contribution is 2.30. The summed E-state index contributed by atoms with van der Waals surface area (Å²) in [5.74, 6) is 0.00936. The lowest BCUT2D eigenvalue weighted by molar-refractivity contribution is 0.0488. The van der Waals surface area contributed by atoms with E-state index in [1.54, 1.807) is 25.1 Å². The van der Waals surface area contributed by atoms with E-state index in [-0.39, 0.29) is 23.9 Å². The highest BCUT2D eigenvalue weighted by molar-refractivity contribution is 9.10. The van der Waals surface area contributed by atoms with Crippen LogP contribution in [0.4, 0.5) is 0 Å². The van der Waals surface area contributed by atoms with Crippen LogP contribution in [0, 0.1) is 0 Å². The molecule has 0 aliphatic carbocycles. The van der Waals surface area contributed by atoms with E-state index in [9.17, 15) is 13.2 Å². The lowest BCUT2D eigenvalue weighted by Crippen LogP contribution is -2.08. The van der Waals surface area contributed by atoms with Crippen molar-refractivity contribution in [3.05, 3.63) is 58.3 Å². The molecule has 0 atom stereocenters. The van der Waals surface area contributed by atoms with Gasteiger partial charge in [0.1, 0.15) is 17.9 Å². The molecule has 3 rings (SSSR count). The summed E-state index contributed by atoms with van der Waals surface area (Å²) in [4.78, 5) is 12.4. The third-order valence-corrected chi connectivity index (χ3v) is 5.47. The van der Waals surface area contributed by atoms with E-state index in [1.165, 1.54) is 12.1 Å². The summed E-state index contributed by atoms with van der Waals surface area (Å²) in [5.41, 5.74) is 1.12. The maximum absolute atomic E-state index is 12.2. The number of ether oxygens (including phenoxy) is 2. The van der Waals surface area contributed by atoms with Crippen LogP contribution in [0.5, 0.6) is 5.75 Å². The Hall–Kier alpha value is -2.32. The highest BCUT2D eigenvalue weighted by Gasteiger charge is 2.22. The molecule has 0 aliphatic rings. The SMILES string of the molecule is CCOC(=O)c1oc2ccc(Br)cc2c1COc1ccc(S(C)(=O)=O)cc1. The Bertz CT molecular complexity index is 1080. The van der Waals surface area contributed by atoms with Crippen molar-refractivity contribution in [1.29, 1.82) is 0 Å². The molecular formula is C19H17BrO6S. The molecule has 0 bridgehead atoms. The van der Waals surface area contributed by atoms with Crippen molar-refractivity contribution in [2.24, 2.45) is 0 Å². The summed E-state index contributed by atoms with van der Waals surface area (Å²) in [6.07, 6.45) is 1.14. The normalized spacial score (nSPS) is 11.5. The first kappa shape index (κ1) is 19.4. The van der Waals surface area contributed by atoms with Gasteiger partial charge in [0.05, 0.1) is 17.1 Å². The lowest BCUT2D eigenvalue weighted by Gasteiger charge is -2.08. The van der Waals surface area contributed by atoms with Gasteiger partial charge < -0.3 is 13.9 Å². The predicted molar refractivity (Wildman–Crippen MR) is 104 cm³/mol. The predicted octanol–water partition coefficient (Wildman–Crippen LogP) is 4.35. The van der Waals surface area contributed by atoms with Gasteiger partial charge >= 0.3 is 5.97 Å². The quantitative estimate of drug-likeness (QED) is 0.516. The van der Waals surface area contributed by atoms with Gasteiger partial charge in [0, 0.05) is 16.1 Å². The molecule has 0 amide bonds. The van der Waals surface area contributed by atoms with Crippen molar-refractivity contribution < 1.29 is 27.1 Å². The highest BCUT2D eigenvalue weighted by atomic mass is 79.9. The minimum Gasteiger partial charge on any atom is -0.489 e. The maximum Gasteiger partial charge on any atom is 0.374 e. The van der Waals surface area contributed by atoms with Gasteiger partial charge in [-0.2, -0.15) is 0 Å². The van der Waals surface area contributed by atoms with E-state index in [2.05, 4.69) is 15.9 Å². The minimum absolute atomic E-state index is 0.0653. The number of fused-ring (bicyclic) bond motifs is 1. The van der Waals surface area contributed by atoms with Gasteiger partial charge in [-0.1, -0.05) is 15.9 Å². The topological polar surface area (TPSA) is 82.8 Å². The summed E-state index contributed by atoms with van der Waals surface area (Å²) in [5, 5.41) is 0.736. The molecule has 2 aromatic carbocycles. The largest absolute Gasteiger partial charge is 0.489 e. The Morgan fingerprint density at radius 1 is 1.15 bits per heavy atom. The van der Waals surface area contributed by atoms with Crippen LogP contribution in [0.1, 0.15) is 23.0 Å². The molecule has 3 aromatic rings. The molecule has 0 N–H and O–H groups in total. The Balaban J connectivity index is 1.92. The fraction of sp³-hybridized carbons (Fsp3) is 0.211. The van der Waals surface area contributed by atoms with Crippen molar-refractivity contribution in [3.63, 3.8) is 0 Å². The number of benzene rings is 2. The number of rotatable bonds is 6. The van der Waals surface area contributed by atoms with Crippen LogP contribution in [0.25, 0.3) is 11.0 Å². The van der Waals surface area contributed by atoms with E-state index in [1.807, 2.05) is 12.1 Å². The molecule has 0 spiro atoms. The number of halogens is 1. The van der Waals surface area contributed by atoms with E-state index < -0.39 is 15.8 Å². The molecule has 1 aromatic heterocycles. The summed E-state index contributed by atoms with van der Waals surface area (Å²) in [6, 6.07) is 11.5. The Labute approximate surface area is 165 Å². The fourth-order valence-electron chi connectivity index (χ4n) is 2.56. The van der Waals surface area contributed by atoms with Gasteiger partial charge in [0.15, 0.2) is 9.84 Å². The number of carbonyl (C=O) groups excluding carboxylic acids is 1. The summed E-state index contributed by atoms with van der Waals surface area (Å²) in [6.45, 7) is 2.01. The van der Waals surface area contributed by atoms with Crippen molar-refractivity contribution >= 4 is 42.7 Å². The average Bonchev–Trinajstić information content (AvgIpc) is 2.97. The molecular weight excluding hydrogens is 436 g/mol. The maximum atomic E-state index is 12.2. The van der Waals surface area contributed by atoms with Gasteiger partial charge in [-0.3, -0.25) is 0 Å². The van der Waals surface area contributed by atoms with Crippen molar-refractivity contribution in [2.75, 3.05) is 12.9 Å². The Morgan fingerprint density at radius 3 is 2.48 bits per heavy atom. The number of sulfone groups is 1. The van der Waals surface area contributed by atoms with E-state index in [4.69, 9.17) is 13.9 Å². The zero-order chi connectivity index (χ0) is 19.6. The molecule has 0 radical (unpaired) electrons. The molecule has 1 heterocycles. The first-order valence-electron chi connectivity index (χ1n) is 8.10. The van der Waals surface area contributed by atoms with Crippen LogP contribution in [0.3, 0.4) is 0 Å². The van der Waals surface area contributed by atoms with Gasteiger partial charge in [0.25, 0.3) is 0 Å². The summed E-state index contributed by atoms with van der Waals surface area (Å²) in [7, 11) is -3.27. The van der Waals surface area contributed by atoms with E-state index >= 15 is 0 Å². The van der Waals surface area contributed by atoms with Gasteiger partial charge in [-0.15, -0.1) is 0 Å². The van der Waals surface area contributed by atoms with Crippen LogP contribution in [0.2, 0.25) is 0 Å². The molecule has 8 heteroatoms. The van der Waals surface area contributed by atoms with E-state index in [0.717, 1.165) is 16.1 Å². The molecule has 0 fully saturated rings. The molecule has 0 saturated heterocycles. The fourth-order valence-corrected chi connectivity index (χ4v) is 3.56. The number of esters is 1. The van der Waals surface area contributed by atoms with Crippen LogP contribution >= 0.6 is 15.9 Å². The van der Waals surface area contributed by atoms with Crippen LogP contribution in [0.15, 0.2) is 56.2 Å². The second-order valence-electron chi connectivity index (χ2n) is 5.80. The smallest absolute Gasteiger partial charge is 0.374 e. The molecule has 27 heavy (non-hydrogen) atoms. The average molecular weight is 453 g/mol. The molecule has 6 nitrogen and oxygen atoms in total. The minimum atomic E-state index is -3.27. The zero-order valence-electron chi connectivity index (χ0n) is 14.7. The first-order valence-corrected chi connectivity index (χ1v) is 10.8. The lowest BCUT2D eigenvalue weighted by atomic mass is 10.1. The second kappa shape index (κ2) is 7.74. The number of hydrogen-bond donors (Lipinski definition) is 0. The van der Waals surface area contributed by atoms with Gasteiger partial charge in [-0.25, -0.2) is 13.2 Å². The summed E-state index contributed by atoms with van der Waals surface area (Å²) >= 11 is 3.41. The van der Waals surface area contributed by atoms with Crippen molar-refractivity contribution in [1.82, 2.24) is 0 Å². The molecule has 0 aliphatic heterocycles. The summed E-state index contributed by atoms with van der Waals surface area (Å²) < 4.78 is 40.4. The third-order valence-electron chi connectivity index (χ3n) is 3.85. The van der Waals surface area contributed by atoms with E-state index in [0.29, 0.717) is 16.9 Å². The number of hydrogen-bond acceptors (Lipinski definition) is 6. The van der Waals surface area contributed by atoms with Gasteiger partial charge in [0.2, 0.25) is 5.76 Å². The molecule has 0 unspecified atom stereocenters. The standard InChI is InChI=1S/C19H17BrO6S/c1-3-24-19(21)18-16(15-10-12(20)4-9-17(15)26-18)11-25-13-5-7-14(8-6-13)27(2,22)23/h4-10H,3,11H2,1-2H3. The Kier molecular flexibility index (Phi) is 5.57. The molecule has 142 valence electrons. The van der Waals surface area contributed by atoms with Crippen molar-refractivity contribution in [2.45, 2.75) is 18.4 Å². The van der Waals surface area contributed by atoms with Crippen LogP contribution in [-0.4, -0.2) is 27.2 Å². The number of carbonyl (C=O) groups is 1. The molecule has 0 saturated carbocycles. The van der Waals surface area contributed by atoms with Crippen LogP contribution < -0.4 is 4.74 Å². The Morgan fingerprint density at radius 2 is 1.85 bits per heavy atom. The third kappa shape index (κ3) is 4.33. The monoisotopic (exact) mass is 452 g/mol.